The largest absolute Gasteiger partial charge is 0.396 e. The summed E-state index contributed by atoms with van der Waals surface area (Å²) < 4.78 is 4.85. The Labute approximate surface area is 162 Å². The average molecular weight is 378 g/mol. The minimum absolute atomic E-state index is 0.173. The SMILES string of the molecule is CC(C)(C)CC(C)(C)NC(=O)CO.CC(C)CCO.COCCC(C)C. The quantitative estimate of drug-likeness (QED) is 0.597. The smallest absolute Gasteiger partial charge is 0.246 e. The number of carbonyl (C=O) groups is 1. The monoisotopic (exact) mass is 377 g/mol. The summed E-state index contributed by atoms with van der Waals surface area (Å²) in [7, 11) is 1.74. The summed E-state index contributed by atoms with van der Waals surface area (Å²) >= 11 is 0. The third-order valence-corrected chi connectivity index (χ3v) is 3.20. The zero-order chi connectivity index (χ0) is 21.4. The van der Waals surface area contributed by atoms with E-state index >= 15 is 0 Å². The predicted octanol–water partition coefficient (Wildman–Crippen LogP) is 4.01. The van der Waals surface area contributed by atoms with Gasteiger partial charge in [-0.2, -0.15) is 0 Å². The van der Waals surface area contributed by atoms with E-state index in [9.17, 15) is 4.79 Å². The first-order valence-electron chi connectivity index (χ1n) is 9.72. The summed E-state index contributed by atoms with van der Waals surface area (Å²) in [4.78, 5) is 11.0. The highest BCUT2D eigenvalue weighted by Crippen LogP contribution is 2.26. The molecule has 0 spiro atoms. The molecule has 0 atom stereocenters. The van der Waals surface area contributed by atoms with Crippen molar-refractivity contribution in [2.75, 3.05) is 26.9 Å². The molecule has 0 unspecified atom stereocenters. The van der Waals surface area contributed by atoms with Crippen LogP contribution >= 0.6 is 0 Å². The fourth-order valence-corrected chi connectivity index (χ4v) is 2.40. The summed E-state index contributed by atoms with van der Waals surface area (Å²) in [5.74, 6) is 1.12. The summed E-state index contributed by atoms with van der Waals surface area (Å²) in [5.41, 5.74) is -0.0791. The summed E-state index contributed by atoms with van der Waals surface area (Å²) in [5, 5.41) is 19.6. The molecule has 0 aromatic carbocycles. The number of hydrogen-bond acceptors (Lipinski definition) is 4. The van der Waals surface area contributed by atoms with Crippen molar-refractivity contribution >= 4 is 5.91 Å². The van der Waals surface area contributed by atoms with E-state index in [2.05, 4.69) is 53.8 Å². The second-order valence-electron chi connectivity index (χ2n) is 9.41. The highest BCUT2D eigenvalue weighted by molar-refractivity contribution is 5.77. The fraction of sp³-hybridized carbons (Fsp3) is 0.952. The Kier molecular flexibility index (Phi) is 19.1. The lowest BCUT2D eigenvalue weighted by molar-refractivity contribution is -0.125. The van der Waals surface area contributed by atoms with Gasteiger partial charge in [0, 0.05) is 25.9 Å². The Bertz CT molecular complexity index is 320. The van der Waals surface area contributed by atoms with Gasteiger partial charge in [0.1, 0.15) is 6.61 Å². The molecule has 0 radical (unpaired) electrons. The Morgan fingerprint density at radius 1 is 0.962 bits per heavy atom. The van der Waals surface area contributed by atoms with Crippen molar-refractivity contribution < 1.29 is 19.7 Å². The van der Waals surface area contributed by atoms with Crippen molar-refractivity contribution in [2.45, 2.75) is 87.1 Å². The second-order valence-corrected chi connectivity index (χ2v) is 9.41. The molecular formula is C21H47NO4. The van der Waals surface area contributed by atoms with Crippen LogP contribution in [-0.2, 0) is 9.53 Å². The van der Waals surface area contributed by atoms with Crippen molar-refractivity contribution in [3.63, 3.8) is 0 Å². The molecule has 0 aromatic heterocycles. The number of methoxy groups -OCH3 is 1. The lowest BCUT2D eigenvalue weighted by Crippen LogP contribution is -2.46. The van der Waals surface area contributed by atoms with E-state index in [1.807, 2.05) is 13.8 Å². The van der Waals surface area contributed by atoms with E-state index < -0.39 is 6.61 Å². The number of carbonyl (C=O) groups excluding carboxylic acids is 1. The molecule has 0 saturated carbocycles. The highest BCUT2D eigenvalue weighted by atomic mass is 16.5. The van der Waals surface area contributed by atoms with Crippen LogP contribution in [0.2, 0.25) is 0 Å². The molecule has 0 bridgehead atoms. The molecular weight excluding hydrogens is 330 g/mol. The minimum Gasteiger partial charge on any atom is -0.396 e. The van der Waals surface area contributed by atoms with E-state index in [0.717, 1.165) is 25.4 Å². The molecule has 5 nitrogen and oxygen atoms in total. The first-order chi connectivity index (χ1) is 11.7. The number of ether oxygens (including phenoxy) is 1. The molecule has 1 amide bonds. The molecule has 0 fully saturated rings. The van der Waals surface area contributed by atoms with Gasteiger partial charge in [-0.25, -0.2) is 0 Å². The zero-order valence-electron chi connectivity index (χ0n) is 19.1. The van der Waals surface area contributed by atoms with Crippen LogP contribution in [0.3, 0.4) is 0 Å². The highest BCUT2D eigenvalue weighted by Gasteiger charge is 2.26. The molecule has 160 valence electrons. The van der Waals surface area contributed by atoms with Crippen molar-refractivity contribution in [3.05, 3.63) is 0 Å². The lowest BCUT2D eigenvalue weighted by atomic mass is 9.82. The van der Waals surface area contributed by atoms with Crippen LogP contribution in [0.15, 0.2) is 0 Å². The van der Waals surface area contributed by atoms with Crippen molar-refractivity contribution in [3.8, 4) is 0 Å². The van der Waals surface area contributed by atoms with Gasteiger partial charge in [-0.05, 0) is 50.4 Å². The molecule has 0 aliphatic heterocycles. The fourth-order valence-electron chi connectivity index (χ4n) is 2.40. The van der Waals surface area contributed by atoms with Gasteiger partial charge in [0.05, 0.1) is 0 Å². The maximum absolute atomic E-state index is 11.0. The number of hydrogen-bond donors (Lipinski definition) is 3. The molecule has 0 aromatic rings. The Hall–Kier alpha value is -0.650. The number of aliphatic hydroxyl groups is 2. The molecule has 0 aliphatic carbocycles. The summed E-state index contributed by atoms with van der Waals surface area (Å²) in [6, 6.07) is 0. The van der Waals surface area contributed by atoms with Gasteiger partial charge in [-0.15, -0.1) is 0 Å². The van der Waals surface area contributed by atoms with Crippen LogP contribution < -0.4 is 5.32 Å². The summed E-state index contributed by atoms with van der Waals surface area (Å²) in [6.45, 7) is 19.7. The van der Waals surface area contributed by atoms with E-state index in [1.54, 1.807) is 7.11 Å². The van der Waals surface area contributed by atoms with Gasteiger partial charge in [-0.1, -0.05) is 48.5 Å². The molecule has 0 rings (SSSR count). The van der Waals surface area contributed by atoms with Gasteiger partial charge < -0.3 is 20.3 Å². The predicted molar refractivity (Wildman–Crippen MR) is 111 cm³/mol. The zero-order valence-corrected chi connectivity index (χ0v) is 19.1. The average Bonchev–Trinajstić information content (AvgIpc) is 2.42. The Morgan fingerprint density at radius 3 is 1.62 bits per heavy atom. The van der Waals surface area contributed by atoms with E-state index in [4.69, 9.17) is 14.9 Å². The minimum atomic E-state index is -0.437. The van der Waals surface area contributed by atoms with Gasteiger partial charge in [-0.3, -0.25) is 4.79 Å². The van der Waals surface area contributed by atoms with Crippen molar-refractivity contribution in [1.29, 1.82) is 0 Å². The van der Waals surface area contributed by atoms with Gasteiger partial charge in [0.25, 0.3) is 0 Å². The third kappa shape index (κ3) is 31.2. The lowest BCUT2D eigenvalue weighted by Gasteiger charge is -2.33. The number of rotatable bonds is 8. The van der Waals surface area contributed by atoms with Crippen molar-refractivity contribution in [2.24, 2.45) is 17.3 Å². The Balaban J connectivity index is -0.000000342. The van der Waals surface area contributed by atoms with Crippen LogP contribution in [0, 0.1) is 17.3 Å². The topological polar surface area (TPSA) is 78.8 Å². The van der Waals surface area contributed by atoms with Crippen LogP contribution in [0.4, 0.5) is 0 Å². The van der Waals surface area contributed by atoms with Gasteiger partial charge >= 0.3 is 0 Å². The Morgan fingerprint density at radius 2 is 1.42 bits per heavy atom. The van der Waals surface area contributed by atoms with E-state index in [0.29, 0.717) is 12.5 Å². The normalized spacial score (nSPS) is 11.5. The maximum Gasteiger partial charge on any atom is 0.246 e. The number of aliphatic hydroxyl groups excluding tert-OH is 2. The van der Waals surface area contributed by atoms with E-state index in [-0.39, 0.29) is 16.9 Å². The molecule has 0 heterocycles. The maximum atomic E-state index is 11.0. The molecule has 5 heteroatoms. The number of nitrogens with one attached hydrogen (secondary N) is 1. The standard InChI is InChI=1S/C10H21NO2.C6H14O.C5H12O/c1-9(2,3)7-10(4,5)11-8(13)6-12;1-6(2)4-5-7-3;1-5(2)3-4-6/h12H,6-7H2,1-5H3,(H,11,13);6H,4-5H2,1-3H3;5-6H,3-4H2,1-2H3. The molecule has 0 saturated heterocycles. The first kappa shape index (κ1) is 30.1. The second kappa shape index (κ2) is 16.5. The van der Waals surface area contributed by atoms with Crippen LogP contribution in [0.25, 0.3) is 0 Å². The summed E-state index contributed by atoms with van der Waals surface area (Å²) in [6.07, 6.45) is 2.99. The van der Waals surface area contributed by atoms with Gasteiger partial charge in [0.2, 0.25) is 5.91 Å². The molecule has 3 N–H and O–H groups in total. The van der Waals surface area contributed by atoms with Crippen molar-refractivity contribution in [1.82, 2.24) is 5.32 Å². The number of amides is 1. The third-order valence-electron chi connectivity index (χ3n) is 3.20. The van der Waals surface area contributed by atoms with E-state index in [1.165, 1.54) is 6.42 Å². The van der Waals surface area contributed by atoms with Gasteiger partial charge in [0.15, 0.2) is 0 Å². The molecule has 0 aliphatic rings. The first-order valence-corrected chi connectivity index (χ1v) is 9.72. The molecule has 26 heavy (non-hydrogen) atoms. The van der Waals surface area contributed by atoms with Crippen LogP contribution in [-0.4, -0.2) is 48.6 Å². The van der Waals surface area contributed by atoms with Crippen LogP contribution in [0.1, 0.15) is 81.6 Å². The van der Waals surface area contributed by atoms with Crippen LogP contribution in [0.5, 0.6) is 0 Å².